The maximum atomic E-state index is 5.50. The molecular formula is C17H27NO. The van der Waals surface area contributed by atoms with E-state index < -0.39 is 0 Å². The average molecular weight is 261 g/mol. The van der Waals surface area contributed by atoms with Crippen molar-refractivity contribution in [2.75, 3.05) is 20.7 Å². The summed E-state index contributed by atoms with van der Waals surface area (Å²) in [5, 5.41) is 3.38. The second-order valence-corrected chi connectivity index (χ2v) is 5.73. The number of benzene rings is 1. The van der Waals surface area contributed by atoms with Crippen molar-refractivity contribution >= 4 is 0 Å². The van der Waals surface area contributed by atoms with Crippen LogP contribution in [0.5, 0.6) is 5.75 Å². The molecule has 0 bridgehead atoms. The van der Waals surface area contributed by atoms with Crippen LogP contribution in [0.2, 0.25) is 0 Å². The Balaban J connectivity index is 2.09. The van der Waals surface area contributed by atoms with E-state index in [-0.39, 0.29) is 0 Å². The molecule has 1 saturated carbocycles. The van der Waals surface area contributed by atoms with Crippen LogP contribution in [0.25, 0.3) is 0 Å². The molecule has 106 valence electrons. The molecule has 1 fully saturated rings. The van der Waals surface area contributed by atoms with Crippen molar-refractivity contribution in [1.82, 2.24) is 5.32 Å². The third-order valence-corrected chi connectivity index (χ3v) is 4.46. The quantitative estimate of drug-likeness (QED) is 0.817. The molecule has 2 atom stereocenters. The van der Waals surface area contributed by atoms with Crippen LogP contribution in [-0.2, 0) is 6.42 Å². The van der Waals surface area contributed by atoms with E-state index in [9.17, 15) is 0 Å². The molecule has 1 aliphatic carbocycles. The summed E-state index contributed by atoms with van der Waals surface area (Å²) in [5.41, 5.74) is 1.37. The van der Waals surface area contributed by atoms with E-state index >= 15 is 0 Å². The highest BCUT2D eigenvalue weighted by molar-refractivity contribution is 5.33. The summed E-state index contributed by atoms with van der Waals surface area (Å²) >= 11 is 0. The number of methoxy groups -OCH3 is 1. The lowest BCUT2D eigenvalue weighted by atomic mass is 9.83. The molecule has 1 aliphatic rings. The van der Waals surface area contributed by atoms with Gasteiger partial charge in [-0.05, 0) is 56.3 Å². The number of hydrogen-bond acceptors (Lipinski definition) is 2. The number of ether oxygens (including phenoxy) is 1. The SMILES string of the molecule is CNCC1CCCCCC1Cc1ccccc1OC. The van der Waals surface area contributed by atoms with E-state index in [0.717, 1.165) is 30.6 Å². The highest BCUT2D eigenvalue weighted by Gasteiger charge is 2.24. The molecule has 19 heavy (non-hydrogen) atoms. The Morgan fingerprint density at radius 3 is 2.58 bits per heavy atom. The lowest BCUT2D eigenvalue weighted by molar-refractivity contribution is 0.300. The standard InChI is InChI=1S/C17H27NO/c1-18-13-16-10-5-3-4-8-14(16)12-15-9-6-7-11-17(15)19-2/h6-7,9,11,14,16,18H,3-5,8,10,12-13H2,1-2H3. The van der Waals surface area contributed by atoms with Crippen molar-refractivity contribution in [3.8, 4) is 5.75 Å². The minimum Gasteiger partial charge on any atom is -0.496 e. The van der Waals surface area contributed by atoms with Crippen LogP contribution in [0.4, 0.5) is 0 Å². The van der Waals surface area contributed by atoms with Gasteiger partial charge in [0.1, 0.15) is 5.75 Å². The van der Waals surface area contributed by atoms with Crippen LogP contribution < -0.4 is 10.1 Å². The lowest BCUT2D eigenvalue weighted by Gasteiger charge is -2.25. The number of hydrogen-bond donors (Lipinski definition) is 1. The second-order valence-electron chi connectivity index (χ2n) is 5.73. The van der Waals surface area contributed by atoms with Crippen molar-refractivity contribution in [2.24, 2.45) is 11.8 Å². The molecule has 1 aromatic carbocycles. The van der Waals surface area contributed by atoms with E-state index in [2.05, 4.69) is 36.6 Å². The molecule has 2 rings (SSSR count). The highest BCUT2D eigenvalue weighted by atomic mass is 16.5. The fraction of sp³-hybridized carbons (Fsp3) is 0.647. The minimum atomic E-state index is 0.797. The molecule has 0 saturated heterocycles. The van der Waals surface area contributed by atoms with Gasteiger partial charge in [0.2, 0.25) is 0 Å². The Labute approximate surface area is 117 Å². The van der Waals surface area contributed by atoms with E-state index in [1.165, 1.54) is 37.7 Å². The molecule has 2 nitrogen and oxygen atoms in total. The molecule has 1 aromatic rings. The first kappa shape index (κ1) is 14.4. The monoisotopic (exact) mass is 261 g/mol. The van der Waals surface area contributed by atoms with E-state index in [4.69, 9.17) is 4.74 Å². The van der Waals surface area contributed by atoms with Gasteiger partial charge in [0.25, 0.3) is 0 Å². The van der Waals surface area contributed by atoms with Crippen LogP contribution in [-0.4, -0.2) is 20.7 Å². The zero-order chi connectivity index (χ0) is 13.5. The summed E-state index contributed by atoms with van der Waals surface area (Å²) in [7, 11) is 3.85. The minimum absolute atomic E-state index is 0.797. The molecule has 2 unspecified atom stereocenters. The van der Waals surface area contributed by atoms with Crippen LogP contribution in [0.1, 0.15) is 37.7 Å². The Hall–Kier alpha value is -1.02. The summed E-state index contributed by atoms with van der Waals surface area (Å²) in [5.74, 6) is 2.67. The smallest absolute Gasteiger partial charge is 0.122 e. The fourth-order valence-corrected chi connectivity index (χ4v) is 3.41. The Morgan fingerprint density at radius 2 is 1.84 bits per heavy atom. The molecule has 0 spiro atoms. The van der Waals surface area contributed by atoms with Gasteiger partial charge >= 0.3 is 0 Å². The zero-order valence-corrected chi connectivity index (χ0v) is 12.3. The first-order chi connectivity index (χ1) is 9.35. The molecule has 1 N–H and O–H groups in total. The predicted molar refractivity (Wildman–Crippen MR) is 80.7 cm³/mol. The molecule has 0 radical (unpaired) electrons. The normalized spacial score (nSPS) is 23.9. The Kier molecular flexibility index (Phi) is 5.71. The Morgan fingerprint density at radius 1 is 1.11 bits per heavy atom. The van der Waals surface area contributed by atoms with Gasteiger partial charge in [0, 0.05) is 0 Å². The van der Waals surface area contributed by atoms with Gasteiger partial charge in [-0.15, -0.1) is 0 Å². The molecule has 0 heterocycles. The molecule has 0 aromatic heterocycles. The van der Waals surface area contributed by atoms with Gasteiger partial charge in [-0.3, -0.25) is 0 Å². The maximum absolute atomic E-state index is 5.50. The van der Waals surface area contributed by atoms with Gasteiger partial charge in [0.05, 0.1) is 7.11 Å². The van der Waals surface area contributed by atoms with Crippen molar-refractivity contribution in [2.45, 2.75) is 38.5 Å². The fourth-order valence-electron chi connectivity index (χ4n) is 3.41. The number of rotatable bonds is 5. The van der Waals surface area contributed by atoms with Crippen LogP contribution in [0, 0.1) is 11.8 Å². The summed E-state index contributed by atoms with van der Waals surface area (Å²) in [6.45, 7) is 1.15. The molecular weight excluding hydrogens is 234 g/mol. The highest BCUT2D eigenvalue weighted by Crippen LogP contribution is 2.33. The van der Waals surface area contributed by atoms with E-state index in [0.29, 0.717) is 0 Å². The van der Waals surface area contributed by atoms with Crippen molar-refractivity contribution in [3.63, 3.8) is 0 Å². The molecule has 2 heteroatoms. The first-order valence-electron chi connectivity index (χ1n) is 7.61. The largest absolute Gasteiger partial charge is 0.496 e. The van der Waals surface area contributed by atoms with Gasteiger partial charge in [0.15, 0.2) is 0 Å². The maximum Gasteiger partial charge on any atom is 0.122 e. The van der Waals surface area contributed by atoms with Crippen LogP contribution in [0.3, 0.4) is 0 Å². The Bertz CT molecular complexity index is 377. The van der Waals surface area contributed by atoms with Crippen molar-refractivity contribution in [3.05, 3.63) is 29.8 Å². The average Bonchev–Trinajstić information content (AvgIpc) is 2.66. The van der Waals surface area contributed by atoms with E-state index in [1.807, 2.05) is 0 Å². The number of para-hydroxylation sites is 1. The van der Waals surface area contributed by atoms with Gasteiger partial charge < -0.3 is 10.1 Å². The van der Waals surface area contributed by atoms with Crippen LogP contribution in [0.15, 0.2) is 24.3 Å². The third kappa shape index (κ3) is 3.97. The van der Waals surface area contributed by atoms with Crippen molar-refractivity contribution < 1.29 is 4.74 Å². The summed E-state index contributed by atoms with van der Waals surface area (Å²) < 4.78 is 5.50. The van der Waals surface area contributed by atoms with Crippen molar-refractivity contribution in [1.29, 1.82) is 0 Å². The number of nitrogens with one attached hydrogen (secondary N) is 1. The topological polar surface area (TPSA) is 21.3 Å². The first-order valence-corrected chi connectivity index (χ1v) is 7.61. The summed E-state index contributed by atoms with van der Waals surface area (Å²) in [6, 6.07) is 8.49. The summed E-state index contributed by atoms with van der Waals surface area (Å²) in [6.07, 6.45) is 8.10. The third-order valence-electron chi connectivity index (χ3n) is 4.46. The van der Waals surface area contributed by atoms with E-state index in [1.54, 1.807) is 7.11 Å². The van der Waals surface area contributed by atoms with Gasteiger partial charge in [-0.1, -0.05) is 37.5 Å². The van der Waals surface area contributed by atoms with Gasteiger partial charge in [-0.2, -0.15) is 0 Å². The second kappa shape index (κ2) is 7.54. The van der Waals surface area contributed by atoms with Crippen LogP contribution >= 0.6 is 0 Å². The summed E-state index contributed by atoms with van der Waals surface area (Å²) in [4.78, 5) is 0. The predicted octanol–water partition coefficient (Wildman–Crippen LogP) is 3.65. The molecule has 0 amide bonds. The zero-order valence-electron chi connectivity index (χ0n) is 12.3. The molecule has 0 aliphatic heterocycles. The lowest BCUT2D eigenvalue weighted by Crippen LogP contribution is -2.26. The van der Waals surface area contributed by atoms with Gasteiger partial charge in [-0.25, -0.2) is 0 Å².